The Morgan fingerprint density at radius 2 is 0.375 bits per heavy atom. The molecule has 1 aliphatic carbocycles. The minimum atomic E-state index is -0.902. The van der Waals surface area contributed by atoms with Crippen LogP contribution in [0.5, 0.6) is 46.0 Å². The van der Waals surface area contributed by atoms with E-state index in [-0.39, 0.29) is 46.0 Å². The molecule has 8 aromatic rings. The van der Waals surface area contributed by atoms with Crippen LogP contribution in [-0.4, -0.2) is 40.9 Å². The maximum Gasteiger partial charge on any atom is 0.123 e. The molecular formula is C56H48O8. The van der Waals surface area contributed by atoms with Crippen LogP contribution in [0.3, 0.4) is 0 Å². The SMILES string of the molecule is Cc1ccccc1C1c2cc(c(O)cc2O)C(c2ccccc2C)c2cc(c(O)cc2O)C(c2ccccc2C)c2cc(c(O)cc2O)C(c2ccccc2C)c2cc1c(O)cc2O. The van der Waals surface area contributed by atoms with Gasteiger partial charge in [-0.15, -0.1) is 0 Å². The third kappa shape index (κ3) is 6.97. The molecule has 8 N–H and O–H groups in total. The second-order valence-corrected chi connectivity index (χ2v) is 17.0. The van der Waals surface area contributed by atoms with Crippen molar-refractivity contribution in [3.05, 3.63) is 235 Å². The first kappa shape index (κ1) is 41.5. The topological polar surface area (TPSA) is 162 Å². The summed E-state index contributed by atoms with van der Waals surface area (Å²) in [6.07, 6.45) is 0. The zero-order valence-corrected chi connectivity index (χ0v) is 35.7. The van der Waals surface area contributed by atoms with E-state index in [1.807, 2.05) is 125 Å². The van der Waals surface area contributed by atoms with Crippen LogP contribution in [0.4, 0.5) is 0 Å². The molecule has 1 aliphatic rings. The zero-order valence-electron chi connectivity index (χ0n) is 35.7. The van der Waals surface area contributed by atoms with E-state index in [0.29, 0.717) is 66.8 Å². The highest BCUT2D eigenvalue weighted by Gasteiger charge is 2.36. The van der Waals surface area contributed by atoms with Gasteiger partial charge in [-0.1, -0.05) is 97.1 Å². The van der Waals surface area contributed by atoms with Gasteiger partial charge in [-0.25, -0.2) is 0 Å². The maximum atomic E-state index is 12.1. The van der Waals surface area contributed by atoms with Crippen molar-refractivity contribution in [2.24, 2.45) is 0 Å². The minimum absolute atomic E-state index is 0.264. The zero-order chi connectivity index (χ0) is 45.1. The molecule has 9 rings (SSSR count). The molecule has 0 aromatic heterocycles. The van der Waals surface area contributed by atoms with E-state index in [4.69, 9.17) is 0 Å². The second kappa shape index (κ2) is 16.1. The molecule has 0 radical (unpaired) electrons. The summed E-state index contributed by atoms with van der Waals surface area (Å²) in [4.78, 5) is 0. The number of fused-ring (bicyclic) bond motifs is 8. The first-order chi connectivity index (χ1) is 30.7. The third-order valence-electron chi connectivity index (χ3n) is 13.2. The monoisotopic (exact) mass is 848 g/mol. The van der Waals surface area contributed by atoms with Crippen molar-refractivity contribution in [3.63, 3.8) is 0 Å². The van der Waals surface area contributed by atoms with Gasteiger partial charge in [0.2, 0.25) is 0 Å². The molecule has 0 spiro atoms. The van der Waals surface area contributed by atoms with Gasteiger partial charge >= 0.3 is 0 Å². The predicted molar refractivity (Wildman–Crippen MR) is 248 cm³/mol. The van der Waals surface area contributed by atoms with E-state index in [1.165, 1.54) is 24.3 Å². The molecule has 0 saturated heterocycles. The number of benzene rings is 8. The molecule has 0 saturated carbocycles. The summed E-state index contributed by atoms with van der Waals surface area (Å²) in [7, 11) is 0. The van der Waals surface area contributed by atoms with Gasteiger partial charge in [-0.2, -0.15) is 0 Å². The number of hydrogen-bond acceptors (Lipinski definition) is 8. The van der Waals surface area contributed by atoms with Gasteiger partial charge in [0.25, 0.3) is 0 Å². The highest BCUT2D eigenvalue weighted by atomic mass is 16.3. The van der Waals surface area contributed by atoms with Gasteiger partial charge in [-0.3, -0.25) is 0 Å². The van der Waals surface area contributed by atoms with Crippen LogP contribution < -0.4 is 0 Å². The van der Waals surface area contributed by atoms with Gasteiger partial charge in [0.1, 0.15) is 46.0 Å². The fraction of sp³-hybridized carbons (Fsp3) is 0.143. The predicted octanol–water partition coefficient (Wildman–Crippen LogP) is 11.6. The van der Waals surface area contributed by atoms with Gasteiger partial charge < -0.3 is 40.9 Å². The standard InChI is InChI=1S/C56H48O8/c1-29-13-5-9-17-33(29)53-37-21-39(47(59)25-45(37)57)54(34-18-10-6-14-30(34)2)41-23-43(51(63)27-49(41)61)56(36-20-12-8-16-32(36)4)44-24-42(50(62)28-52(44)64)55(35-19-11-7-15-31(35)3)40-22-38(53)46(58)26-48(40)60/h5-28,53-64H,1-4H3. The molecule has 0 amide bonds. The van der Waals surface area contributed by atoms with Crippen LogP contribution >= 0.6 is 0 Å². The molecule has 0 atom stereocenters. The van der Waals surface area contributed by atoms with Crippen molar-refractivity contribution in [2.45, 2.75) is 51.4 Å². The highest BCUT2D eigenvalue weighted by Crippen LogP contribution is 2.54. The van der Waals surface area contributed by atoms with E-state index in [9.17, 15) is 40.9 Å². The Morgan fingerprint density at radius 1 is 0.219 bits per heavy atom. The van der Waals surface area contributed by atoms with E-state index < -0.39 is 23.7 Å². The normalized spacial score (nSPS) is 16.9. The lowest BCUT2D eigenvalue weighted by molar-refractivity contribution is 0.431. The molecule has 64 heavy (non-hydrogen) atoms. The number of aromatic hydroxyl groups is 8. The van der Waals surface area contributed by atoms with E-state index in [0.717, 1.165) is 22.3 Å². The molecule has 0 unspecified atom stereocenters. The Balaban J connectivity index is 1.51. The number of phenols is 8. The summed E-state index contributed by atoms with van der Waals surface area (Å²) in [5.74, 6) is -5.72. The maximum absolute atomic E-state index is 12.1. The molecule has 0 heterocycles. The van der Waals surface area contributed by atoms with Crippen molar-refractivity contribution in [1.82, 2.24) is 0 Å². The second-order valence-electron chi connectivity index (χ2n) is 17.0. The molecule has 8 aromatic carbocycles. The van der Waals surface area contributed by atoms with E-state index in [2.05, 4.69) is 0 Å². The summed E-state index contributed by atoms with van der Waals surface area (Å²) in [5, 5.41) is 96.4. The summed E-state index contributed by atoms with van der Waals surface area (Å²) >= 11 is 0. The van der Waals surface area contributed by atoms with Crippen LogP contribution in [0.25, 0.3) is 0 Å². The Labute approximate surface area is 371 Å². The van der Waals surface area contributed by atoms with Crippen molar-refractivity contribution >= 4 is 0 Å². The molecule has 8 heteroatoms. The highest BCUT2D eigenvalue weighted by molar-refractivity contribution is 5.68. The van der Waals surface area contributed by atoms with E-state index in [1.54, 1.807) is 24.3 Å². The van der Waals surface area contributed by atoms with Gasteiger partial charge in [0.15, 0.2) is 0 Å². The smallest absolute Gasteiger partial charge is 0.123 e. The number of rotatable bonds is 4. The molecule has 8 bridgehead atoms. The third-order valence-corrected chi connectivity index (χ3v) is 13.2. The van der Waals surface area contributed by atoms with E-state index >= 15 is 0 Å². The first-order valence-electron chi connectivity index (χ1n) is 21.2. The summed E-state index contributed by atoms with van der Waals surface area (Å²) in [6, 6.07) is 42.2. The average Bonchev–Trinajstić information content (AvgIpc) is 3.25. The Hall–Kier alpha value is -7.84. The molecular weight excluding hydrogens is 801 g/mol. The van der Waals surface area contributed by atoms with Crippen LogP contribution in [0.15, 0.2) is 146 Å². The minimum Gasteiger partial charge on any atom is -0.507 e. The van der Waals surface area contributed by atoms with Gasteiger partial charge in [0.05, 0.1) is 0 Å². The number of hydrogen-bond donors (Lipinski definition) is 8. The Kier molecular flexibility index (Phi) is 10.5. The fourth-order valence-corrected chi connectivity index (χ4v) is 9.95. The van der Waals surface area contributed by atoms with Crippen LogP contribution in [0.1, 0.15) is 113 Å². The summed E-state index contributed by atoms with van der Waals surface area (Å²) in [5.41, 5.74) is 8.74. The largest absolute Gasteiger partial charge is 0.507 e. The summed E-state index contributed by atoms with van der Waals surface area (Å²) < 4.78 is 0. The Bertz CT molecular complexity index is 2610. The lowest BCUT2D eigenvalue weighted by Crippen LogP contribution is -2.14. The first-order valence-corrected chi connectivity index (χ1v) is 21.2. The molecule has 0 fully saturated rings. The number of phenolic OH excluding ortho intramolecular Hbond substituents is 8. The average molecular weight is 849 g/mol. The molecule has 320 valence electrons. The van der Waals surface area contributed by atoms with Crippen molar-refractivity contribution < 1.29 is 40.9 Å². The summed E-state index contributed by atoms with van der Waals surface area (Å²) in [6.45, 7) is 7.70. The quantitative estimate of drug-likeness (QED) is 0.0868. The fourth-order valence-electron chi connectivity index (χ4n) is 9.95. The Morgan fingerprint density at radius 3 is 0.531 bits per heavy atom. The van der Waals surface area contributed by atoms with Crippen LogP contribution in [-0.2, 0) is 0 Å². The van der Waals surface area contributed by atoms with Crippen LogP contribution in [0, 0.1) is 27.7 Å². The van der Waals surface area contributed by atoms with Crippen molar-refractivity contribution in [2.75, 3.05) is 0 Å². The molecule has 8 nitrogen and oxygen atoms in total. The number of aryl methyl sites for hydroxylation is 4. The lowest BCUT2D eigenvalue weighted by atomic mass is 9.74. The van der Waals surface area contributed by atoms with Crippen LogP contribution in [0.2, 0.25) is 0 Å². The van der Waals surface area contributed by atoms with Crippen molar-refractivity contribution in [3.8, 4) is 46.0 Å². The van der Waals surface area contributed by atoms with Gasteiger partial charge in [-0.05, 0) is 96.5 Å². The lowest BCUT2D eigenvalue weighted by Gasteiger charge is -2.30. The molecule has 0 aliphatic heterocycles. The van der Waals surface area contributed by atoms with Crippen molar-refractivity contribution in [1.29, 1.82) is 0 Å². The van der Waals surface area contributed by atoms with Gasteiger partial charge in [0, 0.05) is 92.4 Å².